The van der Waals surface area contributed by atoms with E-state index in [4.69, 9.17) is 0 Å². The molecule has 5 aliphatic carbocycles. The van der Waals surface area contributed by atoms with Crippen LogP contribution in [-0.4, -0.2) is 3.71 Å². The number of benzene rings is 2. The van der Waals surface area contributed by atoms with Gasteiger partial charge in [0.25, 0.3) is 0 Å². The van der Waals surface area contributed by atoms with Crippen molar-refractivity contribution < 1.29 is 49.0 Å². The summed E-state index contributed by atoms with van der Waals surface area (Å²) < 4.78 is 2.25. The number of rotatable bonds is 3. The summed E-state index contributed by atoms with van der Waals surface area (Å²) in [5, 5.41) is 0. The van der Waals surface area contributed by atoms with Gasteiger partial charge in [0, 0.05) is 0 Å². The van der Waals surface area contributed by atoms with E-state index in [1.807, 2.05) is 6.07 Å². The van der Waals surface area contributed by atoms with Gasteiger partial charge in [0.15, 0.2) is 0 Å². The van der Waals surface area contributed by atoms with E-state index in [2.05, 4.69) is 166 Å². The molecular formula is C48H62Cl2Zr-2. The normalized spacial score (nSPS) is 25.7. The maximum atomic E-state index is 3.35. The Balaban J connectivity index is 0.000000264. The third-order valence-corrected chi connectivity index (χ3v) is 14.6. The Morgan fingerprint density at radius 1 is 0.902 bits per heavy atom. The van der Waals surface area contributed by atoms with Gasteiger partial charge in [-0.15, -0.1) is 6.92 Å². The average Bonchev–Trinajstić information content (AvgIpc) is 3.71. The topological polar surface area (TPSA) is 0 Å². The molecule has 51 heavy (non-hydrogen) atoms. The molecule has 0 aliphatic heterocycles. The third-order valence-electron chi connectivity index (χ3n) is 14.1. The number of hydrogen-bond acceptors (Lipinski definition) is 0. The SMILES string of the molecule is CCC1[C-]=CC(C(C)(C)C)=C1.C[C-]1C2=C3Cc4ccccc4C3=C3C=CCCC3C2(C)C(C)(C)C(C)(C)C1(C)C.[Cl-].[Cl-].[Zr+2]=[CH]Cc1ccccc1. The minimum atomic E-state index is 0. The second-order valence-electron chi connectivity index (χ2n) is 17.8. The minimum absolute atomic E-state index is 0. The van der Waals surface area contributed by atoms with Crippen LogP contribution in [0, 0.1) is 50.9 Å². The van der Waals surface area contributed by atoms with Crippen LogP contribution in [0.25, 0.3) is 5.57 Å². The summed E-state index contributed by atoms with van der Waals surface area (Å²) in [7, 11) is 0. The fourth-order valence-corrected chi connectivity index (χ4v) is 10.1. The Labute approximate surface area is 340 Å². The Morgan fingerprint density at radius 2 is 1.53 bits per heavy atom. The summed E-state index contributed by atoms with van der Waals surface area (Å²) in [6.45, 7) is 29.2. The van der Waals surface area contributed by atoms with Crippen molar-refractivity contribution in [3.8, 4) is 0 Å². The van der Waals surface area contributed by atoms with Gasteiger partial charge in [-0.1, -0.05) is 159 Å². The van der Waals surface area contributed by atoms with Crippen molar-refractivity contribution >= 4 is 9.28 Å². The van der Waals surface area contributed by atoms with Crippen LogP contribution in [0.15, 0.2) is 101 Å². The predicted octanol–water partition coefficient (Wildman–Crippen LogP) is 6.91. The van der Waals surface area contributed by atoms with Crippen LogP contribution >= 0.6 is 0 Å². The molecule has 0 aromatic heterocycles. The molecule has 0 amide bonds. The summed E-state index contributed by atoms with van der Waals surface area (Å²) in [5.41, 5.74) is 13.4. The molecule has 1 fully saturated rings. The van der Waals surface area contributed by atoms with E-state index in [1.54, 1.807) is 28.2 Å². The molecule has 1 saturated carbocycles. The third kappa shape index (κ3) is 7.54. The molecule has 5 aliphatic rings. The molecule has 3 unspecified atom stereocenters. The van der Waals surface area contributed by atoms with Crippen molar-refractivity contribution in [2.75, 3.05) is 0 Å². The van der Waals surface area contributed by atoms with Crippen LogP contribution in [0.2, 0.25) is 0 Å². The molecule has 3 atom stereocenters. The van der Waals surface area contributed by atoms with E-state index >= 15 is 0 Å². The second-order valence-corrected chi connectivity index (χ2v) is 18.8. The number of allylic oxidation sites excluding steroid dienone is 10. The van der Waals surface area contributed by atoms with Crippen molar-refractivity contribution in [2.24, 2.45) is 38.9 Å². The van der Waals surface area contributed by atoms with Crippen molar-refractivity contribution in [1.29, 1.82) is 0 Å². The molecule has 0 radical (unpaired) electrons. The summed E-state index contributed by atoms with van der Waals surface area (Å²) in [4.78, 5) is 0. The Bertz CT molecular complexity index is 1700. The number of hydrogen-bond donors (Lipinski definition) is 0. The van der Waals surface area contributed by atoms with E-state index in [9.17, 15) is 0 Å². The fourth-order valence-electron chi connectivity index (χ4n) is 9.51. The fraction of sp³-hybridized carbons (Fsp3) is 0.500. The summed E-state index contributed by atoms with van der Waals surface area (Å²) in [6.07, 6.45) is 18.6. The first kappa shape index (κ1) is 43.7. The molecule has 7 rings (SSSR count). The van der Waals surface area contributed by atoms with Crippen molar-refractivity contribution in [1.82, 2.24) is 0 Å². The Morgan fingerprint density at radius 3 is 2.10 bits per heavy atom. The molecule has 3 heteroatoms. The van der Waals surface area contributed by atoms with E-state index in [-0.39, 0.29) is 46.5 Å². The molecular weight excluding hydrogens is 739 g/mol. The monoisotopic (exact) mass is 798 g/mol. The van der Waals surface area contributed by atoms with Gasteiger partial charge in [-0.3, -0.25) is 6.08 Å². The van der Waals surface area contributed by atoms with Crippen LogP contribution in [-0.2, 0) is 37.1 Å². The molecule has 0 bridgehead atoms. The van der Waals surface area contributed by atoms with Crippen LogP contribution in [0.3, 0.4) is 0 Å². The van der Waals surface area contributed by atoms with E-state index < -0.39 is 0 Å². The van der Waals surface area contributed by atoms with Gasteiger partial charge >= 0.3 is 70.3 Å². The quantitative estimate of drug-likeness (QED) is 0.297. The Kier molecular flexibility index (Phi) is 14.0. The van der Waals surface area contributed by atoms with Crippen molar-refractivity contribution in [3.05, 3.63) is 130 Å². The molecule has 0 N–H and O–H groups in total. The molecule has 0 saturated heterocycles. The van der Waals surface area contributed by atoms with Gasteiger partial charge in [-0.25, -0.2) is 12.0 Å². The zero-order chi connectivity index (χ0) is 36.0. The van der Waals surface area contributed by atoms with Gasteiger partial charge < -0.3 is 24.8 Å². The molecule has 0 heterocycles. The molecule has 2 aromatic carbocycles. The van der Waals surface area contributed by atoms with Gasteiger partial charge in [-0.2, -0.15) is 22.8 Å². The first-order valence-electron chi connectivity index (χ1n) is 18.9. The summed E-state index contributed by atoms with van der Waals surface area (Å²) in [6, 6.07) is 19.7. The first-order valence-corrected chi connectivity index (χ1v) is 20.3. The van der Waals surface area contributed by atoms with E-state index in [1.165, 1.54) is 65.8 Å². The average molecular weight is 801 g/mol. The number of halogens is 2. The van der Waals surface area contributed by atoms with E-state index in [0.717, 1.165) is 12.8 Å². The molecule has 0 nitrogen and oxygen atoms in total. The van der Waals surface area contributed by atoms with Gasteiger partial charge in [0.1, 0.15) is 0 Å². The first-order chi connectivity index (χ1) is 22.9. The maximum absolute atomic E-state index is 3.35. The van der Waals surface area contributed by atoms with Crippen molar-refractivity contribution in [2.45, 2.75) is 115 Å². The molecule has 0 spiro atoms. The van der Waals surface area contributed by atoms with Crippen LogP contribution in [0.1, 0.15) is 119 Å². The van der Waals surface area contributed by atoms with Crippen LogP contribution in [0.4, 0.5) is 0 Å². The summed E-state index contributed by atoms with van der Waals surface area (Å²) in [5.74, 6) is 2.81. The van der Waals surface area contributed by atoms with Crippen LogP contribution in [0.5, 0.6) is 0 Å². The zero-order valence-corrected chi connectivity index (χ0v) is 37.5. The Hall–Kier alpha value is -1.66. The van der Waals surface area contributed by atoms with Gasteiger partial charge in [-0.05, 0) is 40.6 Å². The van der Waals surface area contributed by atoms with Crippen molar-refractivity contribution in [3.63, 3.8) is 0 Å². The number of fused-ring (bicyclic) bond motifs is 6. The van der Waals surface area contributed by atoms with E-state index in [0.29, 0.717) is 17.3 Å². The zero-order valence-electron chi connectivity index (χ0n) is 33.5. The predicted molar refractivity (Wildman–Crippen MR) is 210 cm³/mol. The van der Waals surface area contributed by atoms with Crippen LogP contribution < -0.4 is 24.8 Å². The second kappa shape index (κ2) is 16.4. The standard InChI is InChI=1S/C29H37.C11H17.C8H8.2ClH.Zr/c1-18-25-22-17-19-13-9-10-14-20(19)24(22)21-15-11-12-16-23(21)29(25,8)28(6,7)27(4,5)26(18,2)3;1-5-9-6-7-10(8-9)11(2,3)4;1-2-8-6-4-3-5-7-8;;;/h9-11,13-15,23H,12,16-17H2,1-8H3;7-9H,5H2,1-4H3;1,3-7H,2H2;2*1H;/q2*-1;;;;+2/p-2. The molecule has 274 valence electrons. The van der Waals surface area contributed by atoms with Gasteiger partial charge in [0.05, 0.1) is 0 Å². The summed E-state index contributed by atoms with van der Waals surface area (Å²) >= 11 is 1.51. The molecule has 2 aromatic rings. The van der Waals surface area contributed by atoms with Gasteiger partial charge in [0.2, 0.25) is 0 Å².